The Balaban J connectivity index is 1.61. The third-order valence-electron chi connectivity index (χ3n) is 6.26. The Bertz CT molecular complexity index is 1120. The second-order valence-corrected chi connectivity index (χ2v) is 8.94. The van der Waals surface area contributed by atoms with E-state index < -0.39 is 0 Å². The molecule has 0 saturated carbocycles. The number of hydrogen-bond acceptors (Lipinski definition) is 3. The van der Waals surface area contributed by atoms with Crippen molar-refractivity contribution in [2.24, 2.45) is 5.92 Å². The Morgan fingerprint density at radius 1 is 1.17 bits per heavy atom. The second kappa shape index (κ2) is 7.33. The molecule has 1 aromatic carbocycles. The molecule has 5 nitrogen and oxygen atoms in total. The number of halogens is 2. The molecule has 2 aliphatic heterocycles. The van der Waals surface area contributed by atoms with E-state index >= 15 is 0 Å². The van der Waals surface area contributed by atoms with E-state index in [1.165, 1.54) is 0 Å². The lowest BCUT2D eigenvalue weighted by Crippen LogP contribution is -2.44. The maximum atomic E-state index is 14.0. The van der Waals surface area contributed by atoms with E-state index in [0.717, 1.165) is 23.5 Å². The minimum Gasteiger partial charge on any atom is -0.344 e. The highest BCUT2D eigenvalue weighted by molar-refractivity contribution is 6.42. The Hall–Kier alpha value is -2.50. The molecule has 0 spiro atoms. The minimum absolute atomic E-state index is 0.0252. The number of anilines is 1. The van der Waals surface area contributed by atoms with Gasteiger partial charge in [0, 0.05) is 23.7 Å². The van der Waals surface area contributed by atoms with Gasteiger partial charge in [-0.05, 0) is 38.0 Å². The molecule has 1 N–H and O–H groups in total. The molecule has 3 heterocycles. The van der Waals surface area contributed by atoms with Gasteiger partial charge in [0.15, 0.2) is 0 Å². The first-order valence-corrected chi connectivity index (χ1v) is 10.8. The maximum Gasteiger partial charge on any atom is 0.254 e. The number of nitrogens with one attached hydrogen (secondary N) is 1. The summed E-state index contributed by atoms with van der Waals surface area (Å²) >= 11 is 12.5. The van der Waals surface area contributed by atoms with Gasteiger partial charge in [-0.2, -0.15) is 5.10 Å². The third kappa shape index (κ3) is 2.99. The fraction of sp³-hybridized carbons (Fsp3) is 0.304. The normalized spacial score (nSPS) is 27.1. The zero-order valence-corrected chi connectivity index (χ0v) is 18.2. The molecule has 4 unspecified atom stereocenters. The molecular weight excluding hydrogens is 419 g/mol. The van der Waals surface area contributed by atoms with Gasteiger partial charge in [-0.25, -0.2) is 4.68 Å². The summed E-state index contributed by atoms with van der Waals surface area (Å²) in [5, 5.41) is 8.80. The number of fused-ring (bicyclic) bond motifs is 2. The van der Waals surface area contributed by atoms with Gasteiger partial charge in [-0.1, -0.05) is 53.6 Å². The summed E-state index contributed by atoms with van der Waals surface area (Å²) in [4.78, 5) is 16.0. The topological polar surface area (TPSA) is 50.2 Å². The van der Waals surface area contributed by atoms with Crippen molar-refractivity contribution in [1.29, 1.82) is 0 Å². The van der Waals surface area contributed by atoms with Gasteiger partial charge in [-0.3, -0.25) is 4.79 Å². The van der Waals surface area contributed by atoms with Gasteiger partial charge >= 0.3 is 0 Å². The zero-order valence-electron chi connectivity index (χ0n) is 16.7. The number of nitrogens with zero attached hydrogens (tertiary/aromatic N) is 3. The molecule has 1 aliphatic carbocycles. The number of allylic oxidation sites excluding steroid dienone is 3. The molecule has 4 atom stereocenters. The van der Waals surface area contributed by atoms with Crippen LogP contribution in [0.25, 0.3) is 0 Å². The summed E-state index contributed by atoms with van der Waals surface area (Å²) in [5.41, 5.74) is 2.39. The number of carbonyl (C=O) groups is 1. The van der Waals surface area contributed by atoms with Crippen molar-refractivity contribution in [3.8, 4) is 0 Å². The van der Waals surface area contributed by atoms with E-state index in [2.05, 4.69) is 35.6 Å². The summed E-state index contributed by atoms with van der Waals surface area (Å²) in [5.74, 6) is 1.22. The first-order valence-electron chi connectivity index (χ1n) is 10.1. The Labute approximate surface area is 185 Å². The Morgan fingerprint density at radius 3 is 2.77 bits per heavy atom. The Morgan fingerprint density at radius 2 is 1.97 bits per heavy atom. The van der Waals surface area contributed by atoms with Crippen LogP contribution in [-0.4, -0.2) is 32.7 Å². The van der Waals surface area contributed by atoms with Gasteiger partial charge in [-0.15, -0.1) is 0 Å². The molecule has 1 fully saturated rings. The van der Waals surface area contributed by atoms with Crippen LogP contribution in [0.15, 0.2) is 66.0 Å². The van der Waals surface area contributed by atoms with E-state index in [4.69, 9.17) is 23.2 Å². The Kier molecular flexibility index (Phi) is 4.75. The highest BCUT2D eigenvalue weighted by Crippen LogP contribution is 2.41. The van der Waals surface area contributed by atoms with Crippen LogP contribution < -0.4 is 5.32 Å². The van der Waals surface area contributed by atoms with Gasteiger partial charge in [0.25, 0.3) is 5.91 Å². The largest absolute Gasteiger partial charge is 0.344 e. The predicted molar refractivity (Wildman–Crippen MR) is 120 cm³/mol. The molecule has 5 rings (SSSR count). The molecule has 1 amide bonds. The molecule has 0 bridgehead atoms. The van der Waals surface area contributed by atoms with Crippen molar-refractivity contribution >= 4 is 34.9 Å². The second-order valence-electron chi connectivity index (χ2n) is 8.12. The molecule has 1 saturated heterocycles. The predicted octanol–water partition coefficient (Wildman–Crippen LogP) is 5.21. The number of hydrogen-bond donors (Lipinski definition) is 1. The van der Waals surface area contributed by atoms with Crippen LogP contribution >= 0.6 is 23.2 Å². The maximum absolute atomic E-state index is 14.0. The molecule has 154 valence electrons. The van der Waals surface area contributed by atoms with Crippen LogP contribution in [-0.2, 0) is 4.79 Å². The fourth-order valence-electron chi connectivity index (χ4n) is 4.91. The van der Waals surface area contributed by atoms with Gasteiger partial charge in [0.2, 0.25) is 0 Å². The van der Waals surface area contributed by atoms with E-state index in [9.17, 15) is 4.79 Å². The van der Waals surface area contributed by atoms with Crippen LogP contribution in [0, 0.1) is 5.92 Å². The highest BCUT2D eigenvalue weighted by Gasteiger charge is 2.44. The van der Waals surface area contributed by atoms with Gasteiger partial charge in [0.05, 0.1) is 27.9 Å². The molecule has 7 heteroatoms. The average Bonchev–Trinajstić information content (AvgIpc) is 3.31. The van der Waals surface area contributed by atoms with E-state index in [0.29, 0.717) is 21.5 Å². The molecule has 1 aromatic heterocycles. The summed E-state index contributed by atoms with van der Waals surface area (Å²) in [6, 6.07) is 7.25. The number of carbonyl (C=O) groups excluding carboxylic acids is 1. The van der Waals surface area contributed by atoms with E-state index in [-0.39, 0.29) is 24.0 Å². The van der Waals surface area contributed by atoms with Crippen molar-refractivity contribution in [1.82, 2.24) is 14.7 Å². The number of likely N-dealkylation sites (tertiary alicyclic amines) is 1. The molecule has 0 radical (unpaired) electrons. The van der Waals surface area contributed by atoms with Crippen LogP contribution in [0.2, 0.25) is 10.0 Å². The molecular formula is C23H22Cl2N4O. The van der Waals surface area contributed by atoms with Crippen molar-refractivity contribution in [3.63, 3.8) is 0 Å². The van der Waals surface area contributed by atoms with Gasteiger partial charge < -0.3 is 10.2 Å². The van der Waals surface area contributed by atoms with E-state index in [1.807, 2.05) is 40.8 Å². The van der Waals surface area contributed by atoms with Crippen molar-refractivity contribution in [3.05, 3.63) is 81.6 Å². The first-order chi connectivity index (χ1) is 14.5. The number of benzene rings is 1. The molecule has 3 aliphatic rings. The van der Waals surface area contributed by atoms with Crippen molar-refractivity contribution in [2.75, 3.05) is 5.32 Å². The standard InChI is InChI=1S/C23H22Cl2N4O/c1-13-11-15-5-3-4-6-19(15)28(13)23(30)21-14(2)27-20-9-10-26-29(20)22(21)16-7-8-17(24)18(25)12-16/h3-10,12-13,15,19,22,27H,11H2,1-2H3. The summed E-state index contributed by atoms with van der Waals surface area (Å²) < 4.78 is 1.84. The lowest BCUT2D eigenvalue weighted by molar-refractivity contribution is -0.129. The molecule has 30 heavy (non-hydrogen) atoms. The summed E-state index contributed by atoms with van der Waals surface area (Å²) in [7, 11) is 0. The smallest absolute Gasteiger partial charge is 0.254 e. The highest BCUT2D eigenvalue weighted by atomic mass is 35.5. The SMILES string of the molecule is CC1=C(C(=O)N2C(C)CC3C=CC=CC32)C(c2ccc(Cl)c(Cl)c2)n2nccc2N1. The van der Waals surface area contributed by atoms with Crippen molar-refractivity contribution in [2.45, 2.75) is 38.4 Å². The third-order valence-corrected chi connectivity index (χ3v) is 7.00. The first kappa shape index (κ1) is 19.5. The lowest BCUT2D eigenvalue weighted by atomic mass is 9.93. The van der Waals surface area contributed by atoms with Gasteiger partial charge in [0.1, 0.15) is 11.9 Å². The minimum atomic E-state index is -0.382. The fourth-order valence-corrected chi connectivity index (χ4v) is 5.21. The number of amides is 1. The number of aromatic nitrogens is 2. The van der Waals surface area contributed by atoms with Crippen LogP contribution in [0.3, 0.4) is 0 Å². The zero-order chi connectivity index (χ0) is 21.0. The average molecular weight is 441 g/mol. The van der Waals surface area contributed by atoms with Crippen LogP contribution in [0.1, 0.15) is 31.9 Å². The van der Waals surface area contributed by atoms with Crippen molar-refractivity contribution < 1.29 is 4.79 Å². The quantitative estimate of drug-likeness (QED) is 0.696. The monoisotopic (exact) mass is 440 g/mol. The lowest BCUT2D eigenvalue weighted by Gasteiger charge is -2.35. The summed E-state index contributed by atoms with van der Waals surface area (Å²) in [6.45, 7) is 4.07. The number of rotatable bonds is 2. The molecule has 2 aromatic rings. The van der Waals surface area contributed by atoms with Crippen LogP contribution in [0.4, 0.5) is 5.82 Å². The van der Waals surface area contributed by atoms with Crippen LogP contribution in [0.5, 0.6) is 0 Å². The summed E-state index contributed by atoms with van der Waals surface area (Å²) in [6.07, 6.45) is 11.1. The van der Waals surface area contributed by atoms with E-state index in [1.54, 1.807) is 12.3 Å².